The molecule has 1 aromatic rings. The van der Waals surface area contributed by atoms with E-state index in [2.05, 4.69) is 71.1 Å². The molecule has 0 radical (unpaired) electrons. The Balaban J connectivity index is 2.49. The van der Waals surface area contributed by atoms with Gasteiger partial charge in [-0.1, -0.05) is 13.8 Å². The third-order valence-corrected chi connectivity index (χ3v) is 3.31. The lowest BCUT2D eigenvalue weighted by atomic mass is 9.84. The van der Waals surface area contributed by atoms with Crippen LogP contribution in [-0.4, -0.2) is 21.9 Å². The maximum absolute atomic E-state index is 4.65. The molecule has 1 rings (SSSR count). The topological polar surface area (TPSA) is 29.9 Å². The maximum Gasteiger partial charge on any atom is 0.0630 e. The molecule has 0 fully saturated rings. The fourth-order valence-electron chi connectivity index (χ4n) is 2.11. The zero-order valence-corrected chi connectivity index (χ0v) is 13.7. The van der Waals surface area contributed by atoms with Crippen molar-refractivity contribution in [1.29, 1.82) is 0 Å². The average Bonchev–Trinajstić information content (AvgIpc) is 2.62. The monoisotopic (exact) mass is 265 g/mol. The Morgan fingerprint density at radius 3 is 2.32 bits per heavy atom. The zero-order chi connectivity index (χ0) is 14.7. The first kappa shape index (κ1) is 16.2. The molecule has 0 aliphatic carbocycles. The summed E-state index contributed by atoms with van der Waals surface area (Å²) in [5.74, 6) is 0. The van der Waals surface area contributed by atoms with Gasteiger partial charge >= 0.3 is 0 Å². The van der Waals surface area contributed by atoms with Crippen LogP contribution in [0.25, 0.3) is 0 Å². The van der Waals surface area contributed by atoms with E-state index < -0.39 is 0 Å². The highest BCUT2D eigenvalue weighted by Crippen LogP contribution is 2.25. The minimum atomic E-state index is 0.204. The standard InChI is InChI=1S/C16H31N3/c1-13(2)19-11-8-14(18-19)12-16(6,7)9-10-17-15(3,4)5/h8,11,13,17H,9-10,12H2,1-7H3. The molecule has 0 saturated carbocycles. The number of rotatable bonds is 6. The predicted octanol–water partition coefficient (Wildman–Crippen LogP) is 3.81. The Morgan fingerprint density at radius 2 is 1.84 bits per heavy atom. The largest absolute Gasteiger partial charge is 0.312 e. The Bertz CT molecular complexity index is 383. The Hall–Kier alpha value is -0.830. The average molecular weight is 265 g/mol. The molecule has 3 heteroatoms. The second kappa shape index (κ2) is 6.08. The van der Waals surface area contributed by atoms with E-state index >= 15 is 0 Å². The second-order valence-corrected chi connectivity index (χ2v) is 7.65. The number of nitrogens with zero attached hydrogens (tertiary/aromatic N) is 2. The number of hydrogen-bond donors (Lipinski definition) is 1. The van der Waals surface area contributed by atoms with Crippen LogP contribution in [0.5, 0.6) is 0 Å². The van der Waals surface area contributed by atoms with E-state index in [1.807, 2.05) is 4.68 Å². The molecular weight excluding hydrogens is 234 g/mol. The molecule has 0 aliphatic heterocycles. The normalized spacial score (nSPS) is 13.3. The van der Waals surface area contributed by atoms with Crippen molar-refractivity contribution in [3.63, 3.8) is 0 Å². The van der Waals surface area contributed by atoms with Gasteiger partial charge in [0.25, 0.3) is 0 Å². The van der Waals surface area contributed by atoms with Crippen molar-refractivity contribution in [2.75, 3.05) is 6.54 Å². The molecule has 0 spiro atoms. The highest BCUT2D eigenvalue weighted by molar-refractivity contribution is 5.02. The molecule has 1 heterocycles. The molecule has 0 saturated heterocycles. The van der Waals surface area contributed by atoms with E-state index in [-0.39, 0.29) is 11.0 Å². The van der Waals surface area contributed by atoms with Gasteiger partial charge in [0.2, 0.25) is 0 Å². The predicted molar refractivity (Wildman–Crippen MR) is 82.5 cm³/mol. The van der Waals surface area contributed by atoms with E-state index in [0.717, 1.165) is 13.0 Å². The van der Waals surface area contributed by atoms with Crippen molar-refractivity contribution >= 4 is 0 Å². The quantitative estimate of drug-likeness (QED) is 0.847. The molecule has 0 atom stereocenters. The lowest BCUT2D eigenvalue weighted by Crippen LogP contribution is -2.38. The first-order chi connectivity index (χ1) is 8.59. The number of hydrogen-bond acceptors (Lipinski definition) is 2. The molecule has 0 aromatic carbocycles. The van der Waals surface area contributed by atoms with E-state index in [0.29, 0.717) is 6.04 Å². The summed E-state index contributed by atoms with van der Waals surface area (Å²) >= 11 is 0. The van der Waals surface area contributed by atoms with E-state index in [1.54, 1.807) is 0 Å². The molecule has 3 nitrogen and oxygen atoms in total. The molecule has 19 heavy (non-hydrogen) atoms. The summed E-state index contributed by atoms with van der Waals surface area (Å²) in [4.78, 5) is 0. The maximum atomic E-state index is 4.65. The van der Waals surface area contributed by atoms with Crippen molar-refractivity contribution in [3.8, 4) is 0 Å². The molecule has 110 valence electrons. The van der Waals surface area contributed by atoms with Crippen LogP contribution in [0.4, 0.5) is 0 Å². The van der Waals surface area contributed by atoms with Crippen LogP contribution in [-0.2, 0) is 6.42 Å². The van der Waals surface area contributed by atoms with Crippen molar-refractivity contribution in [1.82, 2.24) is 15.1 Å². The lowest BCUT2D eigenvalue weighted by molar-refractivity contribution is 0.299. The fourth-order valence-corrected chi connectivity index (χ4v) is 2.11. The SMILES string of the molecule is CC(C)n1ccc(CC(C)(C)CCNC(C)(C)C)n1. The van der Waals surface area contributed by atoms with Gasteiger partial charge in [-0.25, -0.2) is 0 Å². The van der Waals surface area contributed by atoms with E-state index in [9.17, 15) is 0 Å². The van der Waals surface area contributed by atoms with Gasteiger partial charge in [-0.15, -0.1) is 0 Å². The Labute approximate surface area is 118 Å². The molecule has 0 amide bonds. The Kier molecular flexibility index (Phi) is 5.19. The van der Waals surface area contributed by atoms with Gasteiger partial charge in [-0.3, -0.25) is 4.68 Å². The molecule has 0 aliphatic rings. The summed E-state index contributed by atoms with van der Waals surface area (Å²) < 4.78 is 2.04. The fraction of sp³-hybridized carbons (Fsp3) is 0.812. The van der Waals surface area contributed by atoms with Crippen molar-refractivity contribution in [2.45, 2.75) is 72.9 Å². The van der Waals surface area contributed by atoms with Crippen LogP contribution >= 0.6 is 0 Å². The van der Waals surface area contributed by atoms with Crippen LogP contribution < -0.4 is 5.32 Å². The van der Waals surface area contributed by atoms with Crippen LogP contribution in [0.3, 0.4) is 0 Å². The van der Waals surface area contributed by atoms with Crippen LogP contribution in [0.2, 0.25) is 0 Å². The molecule has 0 bridgehead atoms. The summed E-state index contributed by atoms with van der Waals surface area (Å²) in [6.07, 6.45) is 4.29. The van der Waals surface area contributed by atoms with Crippen molar-refractivity contribution < 1.29 is 0 Å². The summed E-state index contributed by atoms with van der Waals surface area (Å²) in [6, 6.07) is 2.60. The van der Waals surface area contributed by atoms with Gasteiger partial charge in [0.05, 0.1) is 5.69 Å². The second-order valence-electron chi connectivity index (χ2n) is 7.65. The van der Waals surface area contributed by atoms with Crippen LogP contribution in [0, 0.1) is 5.41 Å². The van der Waals surface area contributed by atoms with E-state index in [4.69, 9.17) is 0 Å². The highest BCUT2D eigenvalue weighted by Gasteiger charge is 2.21. The third-order valence-electron chi connectivity index (χ3n) is 3.31. The minimum absolute atomic E-state index is 0.204. The van der Waals surface area contributed by atoms with Gasteiger partial charge in [-0.05, 0) is 65.5 Å². The van der Waals surface area contributed by atoms with Crippen molar-refractivity contribution in [3.05, 3.63) is 18.0 Å². The van der Waals surface area contributed by atoms with Crippen LogP contribution in [0.1, 0.15) is 66.6 Å². The minimum Gasteiger partial charge on any atom is -0.312 e. The van der Waals surface area contributed by atoms with Gasteiger partial charge < -0.3 is 5.32 Å². The summed E-state index contributed by atoms with van der Waals surface area (Å²) in [6.45, 7) is 16.7. The first-order valence-electron chi connectivity index (χ1n) is 7.38. The number of aromatic nitrogens is 2. The summed E-state index contributed by atoms with van der Waals surface area (Å²) in [5, 5.41) is 8.21. The highest BCUT2D eigenvalue weighted by atomic mass is 15.3. The number of nitrogens with one attached hydrogen (secondary N) is 1. The van der Waals surface area contributed by atoms with E-state index in [1.165, 1.54) is 12.1 Å². The van der Waals surface area contributed by atoms with Gasteiger partial charge in [0.15, 0.2) is 0 Å². The van der Waals surface area contributed by atoms with Gasteiger partial charge in [0, 0.05) is 17.8 Å². The molecule has 0 unspecified atom stereocenters. The summed E-state index contributed by atoms with van der Waals surface area (Å²) in [7, 11) is 0. The summed E-state index contributed by atoms with van der Waals surface area (Å²) in [5.41, 5.74) is 1.69. The van der Waals surface area contributed by atoms with Crippen LogP contribution in [0.15, 0.2) is 12.3 Å². The zero-order valence-electron chi connectivity index (χ0n) is 13.7. The lowest BCUT2D eigenvalue weighted by Gasteiger charge is -2.27. The molecule has 1 N–H and O–H groups in total. The molecule has 1 aromatic heterocycles. The van der Waals surface area contributed by atoms with Crippen molar-refractivity contribution in [2.24, 2.45) is 5.41 Å². The Morgan fingerprint density at radius 1 is 1.21 bits per heavy atom. The van der Waals surface area contributed by atoms with Gasteiger partial charge in [-0.2, -0.15) is 5.10 Å². The smallest absolute Gasteiger partial charge is 0.0630 e. The van der Waals surface area contributed by atoms with Gasteiger partial charge in [0.1, 0.15) is 0 Å². The first-order valence-corrected chi connectivity index (χ1v) is 7.38. The third kappa shape index (κ3) is 6.24. The molecular formula is C16H31N3.